The summed E-state index contributed by atoms with van der Waals surface area (Å²) in [6, 6.07) is 0.837. The molecular formula is C7H17N. The second kappa shape index (κ2) is 2.49. The molecule has 1 fully saturated rings. The average molecular weight is 115 g/mol. The van der Waals surface area contributed by atoms with E-state index in [1.807, 2.05) is 0 Å². The first kappa shape index (κ1) is 6.09. The van der Waals surface area contributed by atoms with E-state index >= 15 is 0 Å². The van der Waals surface area contributed by atoms with Gasteiger partial charge in [0.25, 0.3) is 0 Å². The summed E-state index contributed by atoms with van der Waals surface area (Å²) in [7, 11) is 2.21. The van der Waals surface area contributed by atoms with Crippen LogP contribution in [0.3, 0.4) is 0 Å². The minimum Gasteiger partial charge on any atom is -0.304 e. The van der Waals surface area contributed by atoms with Crippen LogP contribution in [0.15, 0.2) is 0 Å². The van der Waals surface area contributed by atoms with Crippen molar-refractivity contribution < 1.29 is 1.43 Å². The zero-order chi connectivity index (χ0) is 5.98. The van der Waals surface area contributed by atoms with Crippen LogP contribution in [0.25, 0.3) is 0 Å². The third kappa shape index (κ3) is 1.22. The standard InChI is InChI=1S/C7H15N.H2/c1-7-5-3-4-6-8(7)2;/h7H,3-6H2,1-2H3;1H. The van der Waals surface area contributed by atoms with Crippen LogP contribution in [0.1, 0.15) is 27.6 Å². The van der Waals surface area contributed by atoms with Crippen LogP contribution >= 0.6 is 0 Å². The van der Waals surface area contributed by atoms with Crippen molar-refractivity contribution >= 4 is 0 Å². The molecular weight excluding hydrogens is 98.1 g/mol. The third-order valence-electron chi connectivity index (χ3n) is 2.14. The lowest BCUT2D eigenvalue weighted by molar-refractivity contribution is 0.200. The molecule has 1 heterocycles. The lowest BCUT2D eigenvalue weighted by atomic mass is 10.1. The second-order valence-corrected chi connectivity index (χ2v) is 2.83. The zero-order valence-corrected chi connectivity index (χ0v) is 5.85. The van der Waals surface area contributed by atoms with E-state index in [-0.39, 0.29) is 1.43 Å². The summed E-state index contributed by atoms with van der Waals surface area (Å²) in [6.45, 7) is 3.61. The van der Waals surface area contributed by atoms with Gasteiger partial charge in [-0.25, -0.2) is 0 Å². The Balaban J connectivity index is 0.000000640. The predicted molar refractivity (Wildman–Crippen MR) is 38.1 cm³/mol. The Labute approximate surface area is 53.2 Å². The van der Waals surface area contributed by atoms with Crippen molar-refractivity contribution in [1.29, 1.82) is 0 Å². The largest absolute Gasteiger partial charge is 0.304 e. The van der Waals surface area contributed by atoms with Crippen LogP contribution in [-0.4, -0.2) is 24.5 Å². The fourth-order valence-corrected chi connectivity index (χ4v) is 1.24. The van der Waals surface area contributed by atoms with Crippen molar-refractivity contribution in [2.45, 2.75) is 32.2 Å². The minimum atomic E-state index is 0. The molecule has 1 saturated heterocycles. The first-order chi connectivity index (χ1) is 3.80. The van der Waals surface area contributed by atoms with Crippen LogP contribution in [0.2, 0.25) is 0 Å². The van der Waals surface area contributed by atoms with E-state index in [2.05, 4.69) is 18.9 Å². The van der Waals surface area contributed by atoms with Gasteiger partial charge in [0.2, 0.25) is 0 Å². The highest BCUT2D eigenvalue weighted by atomic mass is 15.1. The van der Waals surface area contributed by atoms with Gasteiger partial charge in [0, 0.05) is 7.47 Å². The fourth-order valence-electron chi connectivity index (χ4n) is 1.24. The summed E-state index contributed by atoms with van der Waals surface area (Å²) >= 11 is 0. The summed E-state index contributed by atoms with van der Waals surface area (Å²) in [4.78, 5) is 2.43. The summed E-state index contributed by atoms with van der Waals surface area (Å²) in [5, 5.41) is 0. The summed E-state index contributed by atoms with van der Waals surface area (Å²) in [5.41, 5.74) is 0. The molecule has 0 aromatic carbocycles. The molecule has 0 aromatic heterocycles. The lowest BCUT2D eigenvalue weighted by Crippen LogP contribution is -2.33. The third-order valence-corrected chi connectivity index (χ3v) is 2.14. The maximum atomic E-state index is 2.43. The first-order valence-corrected chi connectivity index (χ1v) is 3.51. The molecule has 8 heavy (non-hydrogen) atoms. The quantitative estimate of drug-likeness (QED) is 0.465. The molecule has 0 spiro atoms. The number of rotatable bonds is 0. The highest BCUT2D eigenvalue weighted by Crippen LogP contribution is 2.13. The van der Waals surface area contributed by atoms with E-state index in [9.17, 15) is 0 Å². The SMILES string of the molecule is CC1CCCCN1C.[HH]. The summed E-state index contributed by atoms with van der Waals surface area (Å²) in [5.74, 6) is 0. The number of likely N-dealkylation sites (tertiary alicyclic amines) is 1. The van der Waals surface area contributed by atoms with Crippen LogP contribution in [0.4, 0.5) is 0 Å². The normalized spacial score (nSPS) is 33.0. The lowest BCUT2D eigenvalue weighted by Gasteiger charge is -2.29. The monoisotopic (exact) mass is 115 g/mol. The van der Waals surface area contributed by atoms with Gasteiger partial charge in [-0.15, -0.1) is 0 Å². The molecule has 1 unspecified atom stereocenters. The zero-order valence-electron chi connectivity index (χ0n) is 5.85. The van der Waals surface area contributed by atoms with Crippen molar-refractivity contribution in [1.82, 2.24) is 4.90 Å². The van der Waals surface area contributed by atoms with E-state index in [0.29, 0.717) is 0 Å². The van der Waals surface area contributed by atoms with Gasteiger partial charge in [0.1, 0.15) is 0 Å². The van der Waals surface area contributed by atoms with Crippen molar-refractivity contribution in [3.8, 4) is 0 Å². The van der Waals surface area contributed by atoms with Crippen molar-refractivity contribution in [3.05, 3.63) is 0 Å². The highest BCUT2D eigenvalue weighted by molar-refractivity contribution is 4.68. The van der Waals surface area contributed by atoms with Crippen molar-refractivity contribution in [2.24, 2.45) is 0 Å². The van der Waals surface area contributed by atoms with Crippen molar-refractivity contribution in [3.63, 3.8) is 0 Å². The topological polar surface area (TPSA) is 3.24 Å². The van der Waals surface area contributed by atoms with Gasteiger partial charge >= 0.3 is 0 Å². The Morgan fingerprint density at radius 1 is 1.50 bits per heavy atom. The summed E-state index contributed by atoms with van der Waals surface area (Å²) < 4.78 is 0. The van der Waals surface area contributed by atoms with Gasteiger partial charge < -0.3 is 4.90 Å². The van der Waals surface area contributed by atoms with Crippen LogP contribution in [0.5, 0.6) is 0 Å². The maximum Gasteiger partial charge on any atom is 0.00638 e. The molecule has 50 valence electrons. The molecule has 1 aliphatic rings. The Morgan fingerprint density at radius 3 is 2.62 bits per heavy atom. The predicted octanol–water partition coefficient (Wildman–Crippen LogP) is 1.74. The highest BCUT2D eigenvalue weighted by Gasteiger charge is 2.12. The Morgan fingerprint density at radius 2 is 2.25 bits per heavy atom. The minimum absolute atomic E-state index is 0. The number of nitrogens with zero attached hydrogens (tertiary/aromatic N) is 1. The van der Waals surface area contributed by atoms with E-state index < -0.39 is 0 Å². The molecule has 1 heteroatoms. The van der Waals surface area contributed by atoms with Gasteiger partial charge in [-0.2, -0.15) is 0 Å². The van der Waals surface area contributed by atoms with Gasteiger partial charge in [-0.3, -0.25) is 0 Å². The Kier molecular flexibility index (Phi) is 1.90. The van der Waals surface area contributed by atoms with Crippen LogP contribution < -0.4 is 0 Å². The smallest absolute Gasteiger partial charge is 0.00638 e. The molecule has 0 radical (unpaired) electrons. The maximum absolute atomic E-state index is 2.43. The van der Waals surface area contributed by atoms with E-state index in [4.69, 9.17) is 0 Å². The van der Waals surface area contributed by atoms with Crippen LogP contribution in [-0.2, 0) is 0 Å². The van der Waals surface area contributed by atoms with Gasteiger partial charge in [0.05, 0.1) is 0 Å². The number of hydrogen-bond donors (Lipinski definition) is 0. The van der Waals surface area contributed by atoms with E-state index in [1.165, 1.54) is 25.8 Å². The van der Waals surface area contributed by atoms with Gasteiger partial charge in [-0.05, 0) is 33.4 Å². The molecule has 0 amide bonds. The average Bonchev–Trinajstić information content (AvgIpc) is 1.77. The Hall–Kier alpha value is -0.0400. The number of hydrogen-bond acceptors (Lipinski definition) is 1. The summed E-state index contributed by atoms with van der Waals surface area (Å²) in [6.07, 6.45) is 4.24. The molecule has 0 aliphatic carbocycles. The molecule has 1 aliphatic heterocycles. The molecule has 0 bridgehead atoms. The molecule has 1 atom stereocenters. The molecule has 0 N–H and O–H groups in total. The van der Waals surface area contributed by atoms with Gasteiger partial charge in [-0.1, -0.05) is 6.42 Å². The van der Waals surface area contributed by atoms with Crippen molar-refractivity contribution in [2.75, 3.05) is 13.6 Å². The molecule has 1 rings (SSSR count). The molecule has 0 saturated carbocycles. The molecule has 1 nitrogen and oxygen atoms in total. The first-order valence-electron chi connectivity index (χ1n) is 3.51. The van der Waals surface area contributed by atoms with E-state index in [0.717, 1.165) is 6.04 Å². The second-order valence-electron chi connectivity index (χ2n) is 2.83. The van der Waals surface area contributed by atoms with E-state index in [1.54, 1.807) is 0 Å². The number of piperidine rings is 1. The molecule has 0 aromatic rings. The fraction of sp³-hybridized carbons (Fsp3) is 1.00. The Bertz CT molecular complexity index is 65.3. The van der Waals surface area contributed by atoms with Gasteiger partial charge in [0.15, 0.2) is 0 Å². The van der Waals surface area contributed by atoms with Crippen LogP contribution in [0, 0.1) is 0 Å².